The summed E-state index contributed by atoms with van der Waals surface area (Å²) >= 11 is 0. The van der Waals surface area contributed by atoms with Crippen LogP contribution in [-0.4, -0.2) is 15.1 Å². The summed E-state index contributed by atoms with van der Waals surface area (Å²) in [4.78, 5) is 2.43. The first kappa shape index (κ1) is 20.3. The van der Waals surface area contributed by atoms with Crippen molar-refractivity contribution in [2.24, 2.45) is 11.8 Å². The molecule has 0 N–H and O–H groups in total. The third kappa shape index (κ3) is 3.18. The van der Waals surface area contributed by atoms with Gasteiger partial charge in [0.05, 0.1) is 8.07 Å². The zero-order chi connectivity index (χ0) is 22.0. The number of hydrogen-bond donors (Lipinski definition) is 0. The van der Waals surface area contributed by atoms with Gasteiger partial charge in [0.2, 0.25) is 0 Å². The molecular formula is C30H35NSi. The van der Waals surface area contributed by atoms with Crippen LogP contribution in [0.25, 0.3) is 11.1 Å². The Labute approximate surface area is 194 Å². The first-order valence-corrected chi connectivity index (χ1v) is 16.0. The summed E-state index contributed by atoms with van der Waals surface area (Å²) in [7, 11) is 0.967. The molecule has 1 nitrogen and oxygen atoms in total. The molecule has 0 saturated heterocycles. The van der Waals surface area contributed by atoms with E-state index in [0.717, 1.165) is 23.7 Å². The van der Waals surface area contributed by atoms with Gasteiger partial charge in [-0.25, -0.2) is 0 Å². The normalized spacial score (nSPS) is 25.6. The third-order valence-electron chi connectivity index (χ3n) is 8.62. The van der Waals surface area contributed by atoms with Gasteiger partial charge in [-0.05, 0) is 84.2 Å². The van der Waals surface area contributed by atoms with Crippen LogP contribution in [0.4, 0.5) is 11.4 Å². The summed E-state index contributed by atoms with van der Waals surface area (Å²) in [5.74, 6) is 3.25. The fourth-order valence-corrected chi connectivity index (χ4v) is 8.20. The highest BCUT2D eigenvalue weighted by Gasteiger charge is 2.45. The van der Waals surface area contributed by atoms with E-state index < -0.39 is 8.07 Å². The van der Waals surface area contributed by atoms with Gasteiger partial charge < -0.3 is 4.90 Å². The molecule has 2 fully saturated rings. The zero-order valence-corrected chi connectivity index (χ0v) is 20.9. The van der Waals surface area contributed by atoms with Crippen molar-refractivity contribution in [1.82, 2.24) is 0 Å². The lowest BCUT2D eigenvalue weighted by Gasteiger charge is -2.35. The molecule has 4 atom stereocenters. The standard InChI is InChI=1S/C30H35NSi/c1-31(23-12-14-24(15-13-23)32(2,3)4)29-11-7-10-27-28-18-20-16-21(19-22(28)17-20)25-8-5-6-9-26(25)30(27)29/h5-15,20-22,28H,16-19H2,1-4H3. The summed E-state index contributed by atoms with van der Waals surface area (Å²) in [5, 5.41) is 1.52. The largest absolute Gasteiger partial charge is 0.344 e. The predicted molar refractivity (Wildman–Crippen MR) is 140 cm³/mol. The summed E-state index contributed by atoms with van der Waals surface area (Å²) in [6, 6.07) is 25.8. The van der Waals surface area contributed by atoms with E-state index in [0.29, 0.717) is 0 Å². The molecule has 2 heteroatoms. The van der Waals surface area contributed by atoms with Crippen LogP contribution in [0.5, 0.6) is 0 Å². The van der Waals surface area contributed by atoms with Gasteiger partial charge in [-0.15, -0.1) is 0 Å². The van der Waals surface area contributed by atoms with Crippen LogP contribution >= 0.6 is 0 Å². The van der Waals surface area contributed by atoms with Crippen molar-refractivity contribution in [2.75, 3.05) is 11.9 Å². The van der Waals surface area contributed by atoms with Crippen LogP contribution < -0.4 is 10.1 Å². The minimum absolute atomic E-state index is 0.732. The molecule has 32 heavy (non-hydrogen) atoms. The quantitative estimate of drug-likeness (QED) is 0.380. The Morgan fingerprint density at radius 1 is 0.750 bits per heavy atom. The monoisotopic (exact) mass is 437 g/mol. The molecule has 2 saturated carbocycles. The van der Waals surface area contributed by atoms with Gasteiger partial charge in [-0.2, -0.15) is 0 Å². The minimum Gasteiger partial charge on any atom is -0.344 e. The van der Waals surface area contributed by atoms with Gasteiger partial charge in [0.1, 0.15) is 0 Å². The maximum Gasteiger partial charge on any atom is 0.0775 e. The van der Waals surface area contributed by atoms with Crippen LogP contribution in [0.15, 0.2) is 66.7 Å². The van der Waals surface area contributed by atoms with Gasteiger partial charge in [-0.3, -0.25) is 0 Å². The molecule has 3 aromatic rings. The van der Waals surface area contributed by atoms with E-state index in [1.54, 1.807) is 11.1 Å². The number of nitrogens with zero attached hydrogens (tertiary/aromatic N) is 1. The average molecular weight is 438 g/mol. The second-order valence-corrected chi connectivity index (χ2v) is 16.6. The fraction of sp³-hybridized carbons (Fsp3) is 0.400. The van der Waals surface area contributed by atoms with Crippen molar-refractivity contribution in [1.29, 1.82) is 0 Å². The van der Waals surface area contributed by atoms with Gasteiger partial charge in [0.15, 0.2) is 0 Å². The van der Waals surface area contributed by atoms with Crippen molar-refractivity contribution in [3.63, 3.8) is 0 Å². The van der Waals surface area contributed by atoms with E-state index in [-0.39, 0.29) is 0 Å². The second-order valence-electron chi connectivity index (χ2n) is 11.6. The number of hydrogen-bond acceptors (Lipinski definition) is 1. The Hall–Kier alpha value is -2.32. The van der Waals surface area contributed by atoms with Crippen molar-refractivity contribution >= 4 is 24.6 Å². The van der Waals surface area contributed by atoms with Crippen molar-refractivity contribution in [2.45, 2.75) is 57.2 Å². The molecule has 4 unspecified atom stereocenters. The van der Waals surface area contributed by atoms with E-state index >= 15 is 0 Å². The van der Waals surface area contributed by atoms with Gasteiger partial charge >= 0.3 is 0 Å². The van der Waals surface area contributed by atoms with Crippen molar-refractivity contribution in [3.05, 3.63) is 77.9 Å². The first-order valence-electron chi connectivity index (χ1n) is 12.5. The topological polar surface area (TPSA) is 3.24 Å². The second kappa shape index (κ2) is 7.35. The predicted octanol–water partition coefficient (Wildman–Crippen LogP) is 7.67. The summed E-state index contributed by atoms with van der Waals surface area (Å²) in [6.45, 7) is 7.27. The lowest BCUT2D eigenvalue weighted by Crippen LogP contribution is -2.37. The van der Waals surface area contributed by atoms with Crippen LogP contribution in [0.2, 0.25) is 19.6 Å². The lowest BCUT2D eigenvalue weighted by atomic mass is 9.71. The molecule has 0 aliphatic heterocycles. The molecule has 0 aromatic heterocycles. The molecule has 6 rings (SSSR count). The zero-order valence-electron chi connectivity index (χ0n) is 19.9. The minimum atomic E-state index is -1.29. The Morgan fingerprint density at radius 3 is 2.28 bits per heavy atom. The Bertz CT molecular complexity index is 1160. The van der Waals surface area contributed by atoms with Crippen molar-refractivity contribution in [3.8, 4) is 11.1 Å². The van der Waals surface area contributed by atoms with Crippen molar-refractivity contribution < 1.29 is 0 Å². The summed E-state index contributed by atoms with van der Waals surface area (Å²) in [6.07, 6.45) is 5.61. The van der Waals surface area contributed by atoms with E-state index in [9.17, 15) is 0 Å². The fourth-order valence-electron chi connectivity index (χ4n) is 7.04. The molecule has 3 aromatic carbocycles. The SMILES string of the molecule is CN(c1ccc([Si](C)(C)C)cc1)c1cccc2c1-c1ccccc1C1CC3CC(C1)C2C3. The average Bonchev–Trinajstić information content (AvgIpc) is 3.11. The number of anilines is 2. The highest BCUT2D eigenvalue weighted by Crippen LogP contribution is 2.60. The van der Waals surface area contributed by atoms with E-state index in [2.05, 4.69) is 98.3 Å². The van der Waals surface area contributed by atoms with Crippen LogP contribution in [0.1, 0.15) is 48.6 Å². The molecule has 3 aliphatic rings. The Morgan fingerprint density at radius 2 is 1.50 bits per heavy atom. The third-order valence-corrected chi connectivity index (χ3v) is 10.7. The van der Waals surface area contributed by atoms with Crippen LogP contribution in [-0.2, 0) is 0 Å². The van der Waals surface area contributed by atoms with Gasteiger partial charge in [-0.1, -0.05) is 73.4 Å². The van der Waals surface area contributed by atoms with E-state index in [1.807, 2.05) is 0 Å². The first-order chi connectivity index (χ1) is 15.4. The molecule has 3 bridgehead atoms. The Kier molecular flexibility index (Phi) is 4.66. The molecule has 0 radical (unpaired) electrons. The molecular weight excluding hydrogens is 402 g/mol. The van der Waals surface area contributed by atoms with Gasteiger partial charge in [0, 0.05) is 24.0 Å². The molecule has 3 aliphatic carbocycles. The van der Waals surface area contributed by atoms with E-state index in [1.165, 1.54) is 53.4 Å². The maximum atomic E-state index is 2.45. The van der Waals surface area contributed by atoms with Gasteiger partial charge in [0.25, 0.3) is 0 Å². The summed E-state index contributed by atoms with van der Waals surface area (Å²) in [5.41, 5.74) is 8.83. The Balaban J connectivity index is 1.52. The summed E-state index contributed by atoms with van der Waals surface area (Å²) < 4.78 is 0. The molecule has 164 valence electrons. The van der Waals surface area contributed by atoms with E-state index in [4.69, 9.17) is 0 Å². The lowest BCUT2D eigenvalue weighted by molar-refractivity contribution is 0.311. The number of benzene rings is 3. The highest BCUT2D eigenvalue weighted by atomic mass is 28.3. The highest BCUT2D eigenvalue weighted by molar-refractivity contribution is 6.88. The maximum absolute atomic E-state index is 2.45. The number of rotatable bonds is 3. The van der Waals surface area contributed by atoms with Crippen LogP contribution in [0, 0.1) is 11.8 Å². The number of fused-ring (bicyclic) bond motifs is 7. The molecule has 0 heterocycles. The smallest absolute Gasteiger partial charge is 0.0775 e. The van der Waals surface area contributed by atoms with Crippen LogP contribution in [0.3, 0.4) is 0 Å². The molecule has 0 amide bonds. The molecule has 0 spiro atoms.